The number of nitrogens with one attached hydrogen (secondary N) is 2. The second-order valence-corrected chi connectivity index (χ2v) is 8.74. The second-order valence-electron chi connectivity index (χ2n) is 8.74. The van der Waals surface area contributed by atoms with E-state index in [1.807, 2.05) is 0 Å². The van der Waals surface area contributed by atoms with Gasteiger partial charge in [0.05, 0.1) is 6.20 Å². The van der Waals surface area contributed by atoms with Gasteiger partial charge >= 0.3 is 0 Å². The van der Waals surface area contributed by atoms with E-state index in [-0.39, 0.29) is 41.1 Å². The van der Waals surface area contributed by atoms with Gasteiger partial charge in [-0.1, -0.05) is 6.42 Å². The number of anilines is 1. The Kier molecular flexibility index (Phi) is 4.95. The first-order valence-electron chi connectivity index (χ1n) is 10.7. The topological polar surface area (TPSA) is 70.7 Å². The third-order valence-corrected chi connectivity index (χ3v) is 6.92. The first kappa shape index (κ1) is 20.0. The number of aromatic nitrogens is 3. The molecule has 8 heteroatoms. The molecule has 3 aliphatic carbocycles. The number of hydrogen-bond donors (Lipinski definition) is 2. The fourth-order valence-corrected chi connectivity index (χ4v) is 5.54. The summed E-state index contributed by atoms with van der Waals surface area (Å²) >= 11 is 0. The number of hydrogen-bond acceptors (Lipinski definition) is 4. The van der Waals surface area contributed by atoms with E-state index in [2.05, 4.69) is 20.3 Å². The van der Waals surface area contributed by atoms with Crippen LogP contribution in [0.5, 0.6) is 0 Å². The highest BCUT2D eigenvalue weighted by molar-refractivity contribution is 5.92. The van der Waals surface area contributed by atoms with Gasteiger partial charge in [-0.05, 0) is 50.5 Å². The van der Waals surface area contributed by atoms with Crippen LogP contribution in [0.1, 0.15) is 39.0 Å². The number of carbonyl (C=O) groups is 1. The van der Waals surface area contributed by atoms with Crippen LogP contribution in [0, 0.1) is 35.2 Å². The molecule has 6 rings (SSSR count). The van der Waals surface area contributed by atoms with Crippen LogP contribution in [-0.2, 0) is 4.79 Å². The van der Waals surface area contributed by atoms with Crippen LogP contribution in [0.25, 0.3) is 22.3 Å². The molecule has 0 radical (unpaired) electrons. The summed E-state index contributed by atoms with van der Waals surface area (Å²) in [5.74, 6) is -1.90. The van der Waals surface area contributed by atoms with Crippen LogP contribution >= 0.6 is 0 Å². The summed E-state index contributed by atoms with van der Waals surface area (Å²) < 4.78 is 43.2. The van der Waals surface area contributed by atoms with E-state index in [1.165, 1.54) is 12.3 Å². The molecule has 2 N–H and O–H groups in total. The van der Waals surface area contributed by atoms with Gasteiger partial charge in [-0.2, -0.15) is 0 Å². The number of rotatable bonds is 4. The van der Waals surface area contributed by atoms with E-state index in [4.69, 9.17) is 0 Å². The molecule has 3 saturated carbocycles. The third-order valence-electron chi connectivity index (χ3n) is 6.92. The molecular formula is C23H23F3N4O. The Morgan fingerprint density at radius 3 is 2.68 bits per heavy atom. The lowest BCUT2D eigenvalue weighted by molar-refractivity contribution is -0.124. The smallest absolute Gasteiger partial charge is 0.168 e. The molecule has 5 nitrogen and oxygen atoms in total. The maximum absolute atomic E-state index is 14.7. The van der Waals surface area contributed by atoms with E-state index in [1.54, 1.807) is 6.92 Å². The molecule has 162 valence electrons. The summed E-state index contributed by atoms with van der Waals surface area (Å²) in [4.78, 5) is 23.5. The standard InChI is InChI=1S/C23H23F3N4O/c1-11(31)19-12-3-2-4-13(6-5-12)20(19)29-23-18(26)8-17(25)21(30-23)16-10-28-22-15(16)7-14(24)9-27-22/h7-10,12-13,19-20H,2-6H2,1H3,(H,27,28)(H,29,30)/t12?,13?,19-,20?/m0/s1. The average molecular weight is 428 g/mol. The number of Topliss-reactive ketones (excluding diaryl/α,β-unsaturated/α-hetero) is 1. The normalized spacial score (nSPS) is 25.5. The van der Waals surface area contributed by atoms with E-state index >= 15 is 0 Å². The molecule has 4 atom stereocenters. The van der Waals surface area contributed by atoms with E-state index in [0.717, 1.165) is 44.4 Å². The highest BCUT2D eigenvalue weighted by Crippen LogP contribution is 2.45. The van der Waals surface area contributed by atoms with Crippen LogP contribution in [0.2, 0.25) is 0 Å². The summed E-state index contributed by atoms with van der Waals surface area (Å²) in [7, 11) is 0. The monoisotopic (exact) mass is 428 g/mol. The minimum atomic E-state index is -0.848. The zero-order chi connectivity index (χ0) is 21.7. The minimum Gasteiger partial charge on any atom is -0.364 e. The van der Waals surface area contributed by atoms with Gasteiger partial charge in [0.25, 0.3) is 0 Å². The van der Waals surface area contributed by atoms with Gasteiger partial charge in [-0.25, -0.2) is 23.1 Å². The number of fused-ring (bicyclic) bond motifs is 5. The van der Waals surface area contributed by atoms with Crippen molar-refractivity contribution in [2.75, 3.05) is 5.32 Å². The number of aromatic amines is 1. The molecule has 0 amide bonds. The van der Waals surface area contributed by atoms with Crippen LogP contribution in [0.4, 0.5) is 19.0 Å². The first-order chi connectivity index (χ1) is 14.9. The van der Waals surface area contributed by atoms with Crippen molar-refractivity contribution in [3.63, 3.8) is 0 Å². The molecule has 3 heterocycles. The number of nitrogens with zero attached hydrogens (tertiary/aromatic N) is 2. The molecule has 0 aromatic carbocycles. The van der Waals surface area contributed by atoms with Gasteiger partial charge in [0.15, 0.2) is 17.5 Å². The van der Waals surface area contributed by atoms with Gasteiger partial charge in [0.2, 0.25) is 0 Å². The predicted octanol–water partition coefficient (Wildman–Crippen LogP) is 5.24. The second kappa shape index (κ2) is 7.66. The van der Waals surface area contributed by atoms with Crippen molar-refractivity contribution >= 4 is 22.6 Å². The largest absolute Gasteiger partial charge is 0.364 e. The van der Waals surface area contributed by atoms with Crippen molar-refractivity contribution in [3.8, 4) is 11.3 Å². The Balaban J connectivity index is 1.56. The Morgan fingerprint density at radius 2 is 1.87 bits per heavy atom. The molecule has 3 fully saturated rings. The number of pyridine rings is 2. The minimum absolute atomic E-state index is 0.0843. The van der Waals surface area contributed by atoms with E-state index in [9.17, 15) is 18.0 Å². The molecular weight excluding hydrogens is 405 g/mol. The Hall–Kier alpha value is -2.90. The van der Waals surface area contributed by atoms with Gasteiger partial charge in [0.1, 0.15) is 22.9 Å². The van der Waals surface area contributed by atoms with Gasteiger partial charge in [-0.3, -0.25) is 4.79 Å². The van der Waals surface area contributed by atoms with Crippen molar-refractivity contribution in [2.24, 2.45) is 17.8 Å². The molecule has 0 aliphatic heterocycles. The number of ketones is 1. The quantitative estimate of drug-likeness (QED) is 0.596. The lowest BCUT2D eigenvalue weighted by atomic mass is 9.70. The molecule has 0 spiro atoms. The fraction of sp³-hybridized carbons (Fsp3) is 0.435. The molecule has 0 saturated heterocycles. The molecule has 2 bridgehead atoms. The van der Waals surface area contributed by atoms with Crippen molar-refractivity contribution in [1.29, 1.82) is 0 Å². The predicted molar refractivity (Wildman–Crippen MR) is 111 cm³/mol. The van der Waals surface area contributed by atoms with Crippen LogP contribution < -0.4 is 5.32 Å². The SMILES string of the molecule is CC(=O)[C@H]1C2CCCC(CC2)C1Nc1nc(-c2c[nH]c3ncc(F)cc23)c(F)cc1F. The van der Waals surface area contributed by atoms with Crippen molar-refractivity contribution in [2.45, 2.75) is 45.1 Å². The lowest BCUT2D eigenvalue weighted by Gasteiger charge is -2.40. The van der Waals surface area contributed by atoms with Gasteiger partial charge in [-0.15, -0.1) is 0 Å². The van der Waals surface area contributed by atoms with E-state index < -0.39 is 17.5 Å². The summed E-state index contributed by atoms with van der Waals surface area (Å²) in [6, 6.07) is 1.79. The lowest BCUT2D eigenvalue weighted by Crippen LogP contribution is -2.46. The highest BCUT2D eigenvalue weighted by atomic mass is 19.1. The molecule has 3 aromatic heterocycles. The average Bonchev–Trinajstić information content (AvgIpc) is 2.89. The maximum Gasteiger partial charge on any atom is 0.168 e. The molecule has 31 heavy (non-hydrogen) atoms. The Labute approximate surface area is 177 Å². The number of H-pyrrole nitrogens is 1. The van der Waals surface area contributed by atoms with Crippen LogP contribution in [-0.4, -0.2) is 26.8 Å². The molecule has 3 unspecified atom stereocenters. The van der Waals surface area contributed by atoms with E-state index in [0.29, 0.717) is 16.6 Å². The molecule has 3 aliphatic rings. The summed E-state index contributed by atoms with van der Waals surface area (Å²) in [5.41, 5.74) is 0.586. The summed E-state index contributed by atoms with van der Waals surface area (Å²) in [6.07, 6.45) is 7.55. The zero-order valence-corrected chi connectivity index (χ0v) is 17.1. The molecule has 3 aromatic rings. The first-order valence-corrected chi connectivity index (χ1v) is 10.7. The third kappa shape index (κ3) is 3.47. The Morgan fingerprint density at radius 1 is 1.10 bits per heavy atom. The summed E-state index contributed by atoms with van der Waals surface area (Å²) in [6.45, 7) is 1.59. The fourth-order valence-electron chi connectivity index (χ4n) is 5.54. The van der Waals surface area contributed by atoms with Gasteiger partial charge < -0.3 is 10.3 Å². The van der Waals surface area contributed by atoms with Crippen LogP contribution in [0.3, 0.4) is 0 Å². The van der Waals surface area contributed by atoms with Crippen LogP contribution in [0.15, 0.2) is 24.5 Å². The highest BCUT2D eigenvalue weighted by Gasteiger charge is 2.44. The van der Waals surface area contributed by atoms with Crippen molar-refractivity contribution < 1.29 is 18.0 Å². The van der Waals surface area contributed by atoms with Crippen molar-refractivity contribution in [1.82, 2.24) is 15.0 Å². The number of halogens is 3. The Bertz CT molecular complexity index is 1160. The number of carbonyl (C=O) groups excluding carboxylic acids is 1. The van der Waals surface area contributed by atoms with Gasteiger partial charge in [0, 0.05) is 35.2 Å². The zero-order valence-electron chi connectivity index (χ0n) is 17.1. The summed E-state index contributed by atoms with van der Waals surface area (Å²) in [5, 5.41) is 3.53. The van der Waals surface area contributed by atoms with Crippen molar-refractivity contribution in [3.05, 3.63) is 42.0 Å². The maximum atomic E-state index is 14.7.